The number of aliphatic hydroxyl groups is 1. The number of benzene rings is 1. The Morgan fingerprint density at radius 3 is 2.74 bits per heavy atom. The molecule has 3 N–H and O–H groups in total. The number of amides is 1. The van der Waals surface area contributed by atoms with Crippen molar-refractivity contribution < 1.29 is 9.90 Å². The van der Waals surface area contributed by atoms with Gasteiger partial charge >= 0.3 is 0 Å². The second-order valence-electron chi connectivity index (χ2n) is 5.39. The van der Waals surface area contributed by atoms with Crippen LogP contribution in [0.1, 0.15) is 23.7 Å². The molecule has 0 saturated carbocycles. The van der Waals surface area contributed by atoms with E-state index < -0.39 is 0 Å². The summed E-state index contributed by atoms with van der Waals surface area (Å²) >= 11 is 5.80. The lowest BCUT2D eigenvalue weighted by atomic mass is 10.2. The monoisotopic (exact) mass is 338 g/mol. The predicted molar refractivity (Wildman–Crippen MR) is 92.0 cm³/mol. The van der Waals surface area contributed by atoms with Gasteiger partial charge in [0, 0.05) is 36.8 Å². The molecule has 0 unspecified atom stereocenters. The Hall–Kier alpha value is -1.79. The Balaban J connectivity index is 1.81. The lowest BCUT2D eigenvalue weighted by Gasteiger charge is -2.20. The number of rotatable bonds is 5. The average Bonchev–Trinajstić information content (AvgIpc) is 2.97. The van der Waals surface area contributed by atoms with E-state index in [0.717, 1.165) is 25.5 Å². The first-order valence-corrected chi connectivity index (χ1v) is 8.23. The summed E-state index contributed by atoms with van der Waals surface area (Å²) in [5.41, 5.74) is 0.577. The van der Waals surface area contributed by atoms with Crippen molar-refractivity contribution in [3.05, 3.63) is 34.9 Å². The molecule has 0 bridgehead atoms. The van der Waals surface area contributed by atoms with E-state index in [0.29, 0.717) is 30.2 Å². The Morgan fingerprint density at radius 1 is 1.39 bits per heavy atom. The van der Waals surface area contributed by atoms with Crippen LogP contribution in [0.4, 0.5) is 0 Å². The quantitative estimate of drug-likeness (QED) is 0.427. The molecule has 7 heteroatoms. The summed E-state index contributed by atoms with van der Waals surface area (Å²) in [5.74, 6) is 0.642. The zero-order chi connectivity index (χ0) is 16.7. The molecule has 1 saturated heterocycles. The smallest absolute Gasteiger partial charge is 0.251 e. The highest BCUT2D eigenvalue weighted by atomic mass is 35.5. The van der Waals surface area contributed by atoms with E-state index in [-0.39, 0.29) is 12.0 Å². The summed E-state index contributed by atoms with van der Waals surface area (Å²) in [4.78, 5) is 18.5. The van der Waals surface area contributed by atoms with Crippen LogP contribution in [0, 0.1) is 0 Å². The van der Waals surface area contributed by atoms with E-state index in [9.17, 15) is 9.90 Å². The third-order valence-electron chi connectivity index (χ3n) is 3.56. The highest BCUT2D eigenvalue weighted by molar-refractivity contribution is 6.30. The van der Waals surface area contributed by atoms with E-state index in [1.165, 1.54) is 0 Å². The lowest BCUT2D eigenvalue weighted by Crippen LogP contribution is -2.41. The zero-order valence-corrected chi connectivity index (χ0v) is 14.0. The number of carbonyl (C=O) groups excluding carboxylic acids is 1. The molecule has 1 fully saturated rings. The summed E-state index contributed by atoms with van der Waals surface area (Å²) in [5, 5.41) is 16.3. The van der Waals surface area contributed by atoms with Gasteiger partial charge in [0.2, 0.25) is 0 Å². The Labute approximate surface area is 141 Å². The first kappa shape index (κ1) is 17.6. The molecule has 1 aromatic rings. The minimum atomic E-state index is -0.288. The first-order chi connectivity index (χ1) is 11.1. The molecule has 1 aromatic carbocycles. The SMILES string of the molecule is CCNC(=NCCNC(=O)c1ccc(Cl)cc1)N1CC[C@@H](O)C1. The van der Waals surface area contributed by atoms with Crippen LogP contribution in [0.15, 0.2) is 29.3 Å². The second kappa shape index (κ2) is 8.74. The van der Waals surface area contributed by atoms with Gasteiger partial charge in [0.05, 0.1) is 12.6 Å². The number of likely N-dealkylation sites (tertiary alicyclic amines) is 1. The summed E-state index contributed by atoms with van der Waals surface area (Å²) in [6.45, 7) is 5.10. The molecule has 1 amide bonds. The minimum absolute atomic E-state index is 0.140. The van der Waals surface area contributed by atoms with E-state index in [1.807, 2.05) is 11.8 Å². The molecule has 1 aliphatic rings. The predicted octanol–water partition coefficient (Wildman–Crippen LogP) is 1.10. The standard InChI is InChI=1S/C16H23ClN4O2/c1-2-18-16(21-10-7-14(22)11-21)20-9-8-19-15(23)12-3-5-13(17)6-4-12/h3-6,14,22H,2,7-11H2,1H3,(H,18,20)(H,19,23)/t14-/m1/s1. The number of hydrogen-bond donors (Lipinski definition) is 3. The third-order valence-corrected chi connectivity index (χ3v) is 3.82. The van der Waals surface area contributed by atoms with Gasteiger partial charge < -0.3 is 20.6 Å². The first-order valence-electron chi connectivity index (χ1n) is 7.85. The van der Waals surface area contributed by atoms with Crippen LogP contribution < -0.4 is 10.6 Å². The number of aliphatic imine (C=N–C) groups is 1. The van der Waals surface area contributed by atoms with E-state index >= 15 is 0 Å². The van der Waals surface area contributed by atoms with Crippen molar-refractivity contribution >= 4 is 23.5 Å². The van der Waals surface area contributed by atoms with Gasteiger partial charge in [-0.3, -0.25) is 9.79 Å². The number of aliphatic hydroxyl groups excluding tert-OH is 1. The van der Waals surface area contributed by atoms with Crippen LogP contribution in [-0.2, 0) is 0 Å². The number of carbonyl (C=O) groups is 1. The van der Waals surface area contributed by atoms with E-state index in [1.54, 1.807) is 24.3 Å². The number of halogens is 1. The maximum atomic E-state index is 12.0. The van der Waals surface area contributed by atoms with Crippen molar-refractivity contribution in [3.8, 4) is 0 Å². The van der Waals surface area contributed by atoms with Gasteiger partial charge in [-0.15, -0.1) is 0 Å². The number of guanidine groups is 1. The highest BCUT2D eigenvalue weighted by Gasteiger charge is 2.22. The Bertz CT molecular complexity index is 548. The molecule has 1 aliphatic heterocycles. The van der Waals surface area contributed by atoms with Crippen molar-refractivity contribution in [2.24, 2.45) is 4.99 Å². The van der Waals surface area contributed by atoms with Gasteiger partial charge in [-0.05, 0) is 37.6 Å². The lowest BCUT2D eigenvalue weighted by molar-refractivity contribution is 0.0955. The molecule has 0 spiro atoms. The molecule has 23 heavy (non-hydrogen) atoms. The fraction of sp³-hybridized carbons (Fsp3) is 0.500. The molecule has 2 rings (SSSR count). The molecular formula is C16H23ClN4O2. The largest absolute Gasteiger partial charge is 0.391 e. The highest BCUT2D eigenvalue weighted by Crippen LogP contribution is 2.09. The van der Waals surface area contributed by atoms with Crippen LogP contribution in [0.5, 0.6) is 0 Å². The third kappa shape index (κ3) is 5.41. The minimum Gasteiger partial charge on any atom is -0.391 e. The van der Waals surface area contributed by atoms with Crippen molar-refractivity contribution in [1.82, 2.24) is 15.5 Å². The van der Waals surface area contributed by atoms with Crippen molar-refractivity contribution in [3.63, 3.8) is 0 Å². The van der Waals surface area contributed by atoms with Gasteiger partial charge in [-0.25, -0.2) is 0 Å². The molecule has 0 aliphatic carbocycles. The van der Waals surface area contributed by atoms with E-state index in [2.05, 4.69) is 15.6 Å². The van der Waals surface area contributed by atoms with Gasteiger partial charge in [0.15, 0.2) is 5.96 Å². The average molecular weight is 339 g/mol. The zero-order valence-electron chi connectivity index (χ0n) is 13.3. The topological polar surface area (TPSA) is 77.0 Å². The molecule has 1 heterocycles. The fourth-order valence-electron chi connectivity index (χ4n) is 2.39. The maximum Gasteiger partial charge on any atom is 0.251 e. The maximum absolute atomic E-state index is 12.0. The van der Waals surface area contributed by atoms with Crippen molar-refractivity contribution in [2.45, 2.75) is 19.4 Å². The number of hydrogen-bond acceptors (Lipinski definition) is 3. The summed E-state index contributed by atoms with van der Waals surface area (Å²) in [6, 6.07) is 6.76. The number of nitrogens with zero attached hydrogens (tertiary/aromatic N) is 2. The molecular weight excluding hydrogens is 316 g/mol. The van der Waals surface area contributed by atoms with Crippen molar-refractivity contribution in [1.29, 1.82) is 0 Å². The van der Waals surface area contributed by atoms with E-state index in [4.69, 9.17) is 11.6 Å². The van der Waals surface area contributed by atoms with Gasteiger partial charge in [-0.1, -0.05) is 11.6 Å². The Morgan fingerprint density at radius 2 is 2.13 bits per heavy atom. The summed E-state index contributed by atoms with van der Waals surface area (Å²) < 4.78 is 0. The molecule has 1 atom stereocenters. The Kier molecular flexibility index (Phi) is 6.67. The van der Waals surface area contributed by atoms with Crippen LogP contribution in [0.3, 0.4) is 0 Å². The van der Waals surface area contributed by atoms with Crippen LogP contribution in [-0.4, -0.2) is 60.7 Å². The number of β-amino-alcohol motifs (C(OH)–C–C–N with tert-alkyl or cyclic N) is 1. The van der Waals surface area contributed by atoms with Gasteiger partial charge in [0.1, 0.15) is 0 Å². The van der Waals surface area contributed by atoms with Crippen LogP contribution >= 0.6 is 11.6 Å². The van der Waals surface area contributed by atoms with Gasteiger partial charge in [-0.2, -0.15) is 0 Å². The fourth-order valence-corrected chi connectivity index (χ4v) is 2.52. The number of nitrogens with one attached hydrogen (secondary N) is 2. The van der Waals surface area contributed by atoms with Crippen LogP contribution in [0.2, 0.25) is 5.02 Å². The molecule has 0 aromatic heterocycles. The summed E-state index contributed by atoms with van der Waals surface area (Å²) in [7, 11) is 0. The van der Waals surface area contributed by atoms with Crippen LogP contribution in [0.25, 0.3) is 0 Å². The summed E-state index contributed by atoms with van der Waals surface area (Å²) in [6.07, 6.45) is 0.473. The normalized spacial score (nSPS) is 18.1. The van der Waals surface area contributed by atoms with Gasteiger partial charge in [0.25, 0.3) is 5.91 Å². The van der Waals surface area contributed by atoms with Crippen molar-refractivity contribution in [2.75, 3.05) is 32.7 Å². The molecule has 0 radical (unpaired) electrons. The second-order valence-corrected chi connectivity index (χ2v) is 5.82. The molecule has 6 nitrogen and oxygen atoms in total. The molecule has 126 valence electrons.